The van der Waals surface area contributed by atoms with Crippen molar-refractivity contribution in [1.82, 2.24) is 24.4 Å². The number of pyridine rings is 1. The number of methoxy groups -OCH3 is 2. The van der Waals surface area contributed by atoms with Crippen molar-refractivity contribution in [2.24, 2.45) is 7.05 Å². The lowest BCUT2D eigenvalue weighted by Gasteiger charge is -2.26. The summed E-state index contributed by atoms with van der Waals surface area (Å²) in [5, 5.41) is 6.95. The number of esters is 1. The van der Waals surface area contributed by atoms with Crippen molar-refractivity contribution < 1.29 is 19.1 Å². The van der Waals surface area contributed by atoms with Crippen molar-refractivity contribution in [3.63, 3.8) is 0 Å². The first-order valence-electron chi connectivity index (χ1n) is 12.8. The van der Waals surface area contributed by atoms with E-state index in [1.165, 1.54) is 19.4 Å². The van der Waals surface area contributed by atoms with Crippen LogP contribution in [0.1, 0.15) is 10.4 Å². The van der Waals surface area contributed by atoms with Crippen LogP contribution in [0.3, 0.4) is 0 Å². The number of ether oxygens (including phenoxy) is 2. The Hall–Kier alpha value is -4.97. The Bertz CT molecular complexity index is 1600. The van der Waals surface area contributed by atoms with E-state index in [-0.39, 0.29) is 17.4 Å². The highest BCUT2D eigenvalue weighted by molar-refractivity contribution is 6.02. The van der Waals surface area contributed by atoms with Crippen LogP contribution in [-0.4, -0.2) is 84.7 Å². The number of aromatic nitrogens is 4. The van der Waals surface area contributed by atoms with Gasteiger partial charge >= 0.3 is 5.97 Å². The highest BCUT2D eigenvalue weighted by atomic mass is 16.5. The minimum absolute atomic E-state index is 0.193. The quantitative estimate of drug-likeness (QED) is 0.208. The fourth-order valence-corrected chi connectivity index (χ4v) is 4.23. The third kappa shape index (κ3) is 6.44. The van der Waals surface area contributed by atoms with E-state index in [9.17, 15) is 9.59 Å². The van der Waals surface area contributed by atoms with Gasteiger partial charge in [-0.05, 0) is 38.4 Å². The molecular formula is C29H34N8O4. The molecule has 0 fully saturated rings. The molecule has 1 aromatic carbocycles. The Kier molecular flexibility index (Phi) is 8.83. The smallest absolute Gasteiger partial charge is 0.341 e. The molecule has 12 heteroatoms. The average Bonchev–Trinajstić information content (AvgIpc) is 3.35. The number of aryl methyl sites for hydroxylation is 1. The van der Waals surface area contributed by atoms with Gasteiger partial charge in [-0.3, -0.25) is 4.79 Å². The molecule has 0 saturated carbocycles. The van der Waals surface area contributed by atoms with E-state index in [2.05, 4.69) is 37.1 Å². The van der Waals surface area contributed by atoms with E-state index in [4.69, 9.17) is 9.47 Å². The molecule has 4 rings (SSSR count). The Morgan fingerprint density at radius 2 is 1.85 bits per heavy atom. The number of nitrogens with one attached hydrogen (secondary N) is 2. The number of benzene rings is 1. The number of anilines is 4. The Morgan fingerprint density at radius 3 is 2.54 bits per heavy atom. The lowest BCUT2D eigenvalue weighted by atomic mass is 10.1. The summed E-state index contributed by atoms with van der Waals surface area (Å²) in [5.41, 5.74) is 3.78. The first-order chi connectivity index (χ1) is 19.6. The number of nitrogens with zero attached hydrogens (tertiary/aromatic N) is 6. The van der Waals surface area contributed by atoms with Crippen molar-refractivity contribution in [2.45, 2.75) is 0 Å². The molecule has 0 saturated heterocycles. The van der Waals surface area contributed by atoms with Gasteiger partial charge in [0.05, 0.1) is 37.0 Å². The monoisotopic (exact) mass is 558 g/mol. The molecule has 3 aromatic heterocycles. The molecule has 0 unspecified atom stereocenters. The SMILES string of the molecule is C=CC(=O)Nc1cc(Nc2ncc(C(=O)OC)c(-c3cnc4c(ccn4C)c3)n2)c(OC)cc1N(C)CCN(C)C. The third-order valence-electron chi connectivity index (χ3n) is 6.48. The maximum Gasteiger partial charge on any atom is 0.341 e. The summed E-state index contributed by atoms with van der Waals surface area (Å²) in [6.07, 6.45) is 6.18. The normalized spacial score (nSPS) is 10.9. The van der Waals surface area contributed by atoms with Crippen LogP contribution in [0, 0.1) is 0 Å². The number of fused-ring (bicyclic) bond motifs is 1. The first-order valence-corrected chi connectivity index (χ1v) is 12.8. The molecule has 12 nitrogen and oxygen atoms in total. The van der Waals surface area contributed by atoms with E-state index < -0.39 is 5.97 Å². The van der Waals surface area contributed by atoms with Crippen molar-refractivity contribution >= 4 is 45.9 Å². The number of amides is 1. The van der Waals surface area contributed by atoms with Crippen LogP contribution in [0.2, 0.25) is 0 Å². The van der Waals surface area contributed by atoms with Crippen LogP contribution in [0.5, 0.6) is 5.75 Å². The van der Waals surface area contributed by atoms with Gasteiger partial charge in [0, 0.05) is 62.8 Å². The minimum Gasteiger partial charge on any atom is -0.494 e. The van der Waals surface area contributed by atoms with Gasteiger partial charge in [0.1, 0.15) is 17.0 Å². The molecule has 0 radical (unpaired) electrons. The molecule has 4 aromatic rings. The molecule has 0 atom stereocenters. The van der Waals surface area contributed by atoms with Crippen LogP contribution in [0.25, 0.3) is 22.3 Å². The second-order valence-corrected chi connectivity index (χ2v) is 9.62. The lowest BCUT2D eigenvalue weighted by Crippen LogP contribution is -2.29. The fourth-order valence-electron chi connectivity index (χ4n) is 4.23. The highest BCUT2D eigenvalue weighted by Gasteiger charge is 2.20. The number of likely N-dealkylation sites (N-methyl/N-ethyl adjacent to an activating group) is 2. The second kappa shape index (κ2) is 12.5. The van der Waals surface area contributed by atoms with Crippen LogP contribution in [-0.2, 0) is 16.6 Å². The maximum absolute atomic E-state index is 12.6. The molecule has 0 aliphatic carbocycles. The van der Waals surface area contributed by atoms with Gasteiger partial charge in [0.25, 0.3) is 0 Å². The first kappa shape index (κ1) is 29.0. The van der Waals surface area contributed by atoms with Crippen molar-refractivity contribution in [3.8, 4) is 17.0 Å². The van der Waals surface area contributed by atoms with Crippen molar-refractivity contribution in [1.29, 1.82) is 0 Å². The average molecular weight is 559 g/mol. The zero-order chi connectivity index (χ0) is 29.7. The van der Waals surface area contributed by atoms with E-state index in [0.717, 1.165) is 23.3 Å². The van der Waals surface area contributed by atoms with Gasteiger partial charge in [-0.1, -0.05) is 6.58 Å². The molecule has 214 valence electrons. The summed E-state index contributed by atoms with van der Waals surface area (Å²) in [7, 11) is 10.7. The van der Waals surface area contributed by atoms with Gasteiger partial charge in [0.15, 0.2) is 0 Å². The summed E-state index contributed by atoms with van der Waals surface area (Å²) in [5.74, 6) is -0.221. The van der Waals surface area contributed by atoms with Crippen molar-refractivity contribution in [3.05, 3.63) is 61.1 Å². The third-order valence-corrected chi connectivity index (χ3v) is 6.48. The molecule has 3 heterocycles. The molecule has 2 N–H and O–H groups in total. The van der Waals surface area contributed by atoms with E-state index in [0.29, 0.717) is 34.9 Å². The predicted octanol–water partition coefficient (Wildman–Crippen LogP) is 3.69. The standard InChI is InChI=1S/C29H34N8O4/c1-8-25(38)32-21-14-22(24(40-6)15-23(21)36(4)12-11-35(2)3)33-29-31-17-20(28(39)41-7)26(34-29)19-13-18-9-10-37(5)27(18)30-16-19/h8-10,13-17H,1,11-12H2,2-7H3,(H,32,38)(H,31,33,34). The summed E-state index contributed by atoms with van der Waals surface area (Å²) >= 11 is 0. The molecule has 0 bridgehead atoms. The Labute approximate surface area is 238 Å². The summed E-state index contributed by atoms with van der Waals surface area (Å²) in [6, 6.07) is 7.41. The highest BCUT2D eigenvalue weighted by Crippen LogP contribution is 2.38. The van der Waals surface area contributed by atoms with Crippen molar-refractivity contribution in [2.75, 3.05) is 64.0 Å². The molecule has 0 spiro atoms. The molecule has 1 amide bonds. The number of rotatable bonds is 11. The summed E-state index contributed by atoms with van der Waals surface area (Å²) in [4.78, 5) is 42.5. The van der Waals surface area contributed by atoms with E-state index in [1.54, 1.807) is 19.4 Å². The molecule has 41 heavy (non-hydrogen) atoms. The fraction of sp³-hybridized carbons (Fsp3) is 0.276. The maximum atomic E-state index is 12.6. The number of hydrogen-bond acceptors (Lipinski definition) is 10. The van der Waals surface area contributed by atoms with E-state index >= 15 is 0 Å². The lowest BCUT2D eigenvalue weighted by molar-refractivity contribution is -0.111. The molecule has 0 aliphatic rings. The Morgan fingerprint density at radius 1 is 1.07 bits per heavy atom. The second-order valence-electron chi connectivity index (χ2n) is 9.62. The number of carbonyl (C=O) groups is 2. The Balaban J connectivity index is 1.77. The summed E-state index contributed by atoms with van der Waals surface area (Å²) < 4.78 is 12.6. The predicted molar refractivity (Wildman–Crippen MR) is 160 cm³/mol. The number of hydrogen-bond donors (Lipinski definition) is 2. The van der Waals surface area contributed by atoms with Crippen LogP contribution < -0.4 is 20.3 Å². The van der Waals surface area contributed by atoms with Crippen LogP contribution in [0.15, 0.2) is 55.5 Å². The van der Waals surface area contributed by atoms with Gasteiger partial charge in [-0.25, -0.2) is 19.7 Å². The van der Waals surface area contributed by atoms with Crippen LogP contribution >= 0.6 is 0 Å². The molecule has 0 aliphatic heterocycles. The molecular weight excluding hydrogens is 524 g/mol. The van der Waals surface area contributed by atoms with Gasteiger partial charge in [-0.2, -0.15) is 0 Å². The zero-order valence-corrected chi connectivity index (χ0v) is 24.1. The van der Waals surface area contributed by atoms with Gasteiger partial charge in [0.2, 0.25) is 11.9 Å². The van der Waals surface area contributed by atoms with Gasteiger partial charge < -0.3 is 34.5 Å². The summed E-state index contributed by atoms with van der Waals surface area (Å²) in [6.45, 7) is 5.08. The minimum atomic E-state index is -0.572. The van der Waals surface area contributed by atoms with Gasteiger partial charge in [-0.15, -0.1) is 0 Å². The number of carbonyl (C=O) groups excluding carboxylic acids is 2. The van der Waals surface area contributed by atoms with Crippen LogP contribution in [0.4, 0.5) is 23.0 Å². The zero-order valence-electron chi connectivity index (χ0n) is 24.1. The largest absolute Gasteiger partial charge is 0.494 e. The topological polar surface area (TPSA) is 127 Å². The van der Waals surface area contributed by atoms with E-state index in [1.807, 2.05) is 62.1 Å².